The number of hydrogen-bond donors (Lipinski definition) is 2. The number of carbonyl (C=O) groups is 1. The molecule has 1 saturated heterocycles. The molecule has 0 aliphatic carbocycles. The highest BCUT2D eigenvalue weighted by atomic mass is 16.5. The van der Waals surface area contributed by atoms with Gasteiger partial charge in [0.1, 0.15) is 18.0 Å². The highest BCUT2D eigenvalue weighted by molar-refractivity contribution is 5.93. The molecule has 140 valence electrons. The summed E-state index contributed by atoms with van der Waals surface area (Å²) in [6.45, 7) is 2.98. The molecule has 9 nitrogen and oxygen atoms in total. The zero-order valence-corrected chi connectivity index (χ0v) is 15.6. The van der Waals surface area contributed by atoms with Crippen LogP contribution in [0.5, 0.6) is 0 Å². The summed E-state index contributed by atoms with van der Waals surface area (Å²) in [7, 11) is 5.65. The molecule has 2 N–H and O–H groups in total. The molecular formula is C17H25N7O2. The van der Waals surface area contributed by atoms with E-state index in [9.17, 15) is 4.79 Å². The Balaban J connectivity index is 1.71. The van der Waals surface area contributed by atoms with E-state index in [4.69, 9.17) is 4.74 Å². The van der Waals surface area contributed by atoms with E-state index < -0.39 is 0 Å². The van der Waals surface area contributed by atoms with Crippen LogP contribution in [0.25, 0.3) is 0 Å². The van der Waals surface area contributed by atoms with Crippen LogP contribution in [-0.2, 0) is 11.8 Å². The van der Waals surface area contributed by atoms with Gasteiger partial charge in [0, 0.05) is 45.6 Å². The maximum atomic E-state index is 12.6. The van der Waals surface area contributed by atoms with E-state index in [2.05, 4.69) is 25.7 Å². The second kappa shape index (κ2) is 7.69. The summed E-state index contributed by atoms with van der Waals surface area (Å²) in [6, 6.07) is 1.72. The van der Waals surface area contributed by atoms with Crippen LogP contribution in [0, 0.1) is 6.92 Å². The predicted octanol–water partition coefficient (Wildman–Crippen LogP) is 0.584. The van der Waals surface area contributed by atoms with Crippen molar-refractivity contribution in [3.8, 4) is 0 Å². The van der Waals surface area contributed by atoms with E-state index in [1.54, 1.807) is 11.7 Å². The Kier molecular flexibility index (Phi) is 5.36. The molecule has 0 radical (unpaired) electrons. The number of nitrogens with one attached hydrogen (secondary N) is 2. The third-order valence-electron chi connectivity index (χ3n) is 4.34. The van der Waals surface area contributed by atoms with Gasteiger partial charge < -0.3 is 20.3 Å². The second-order valence-electron chi connectivity index (χ2n) is 6.68. The molecule has 3 rings (SSSR count). The number of aryl methyl sites for hydroxylation is 2. The summed E-state index contributed by atoms with van der Waals surface area (Å²) >= 11 is 0. The minimum atomic E-state index is -0.168. The third-order valence-corrected chi connectivity index (χ3v) is 4.34. The first-order valence-corrected chi connectivity index (χ1v) is 8.59. The van der Waals surface area contributed by atoms with Gasteiger partial charge in [-0.05, 0) is 13.3 Å². The summed E-state index contributed by atoms with van der Waals surface area (Å²) < 4.78 is 7.24. The predicted molar refractivity (Wildman–Crippen MR) is 98.4 cm³/mol. The van der Waals surface area contributed by atoms with Gasteiger partial charge in [-0.15, -0.1) is 0 Å². The average Bonchev–Trinajstić information content (AvgIpc) is 2.95. The Bertz CT molecular complexity index is 774. The Hall–Kier alpha value is -2.68. The van der Waals surface area contributed by atoms with E-state index >= 15 is 0 Å². The molecular weight excluding hydrogens is 334 g/mol. The van der Waals surface area contributed by atoms with Crippen molar-refractivity contribution in [2.75, 3.05) is 37.5 Å². The average molecular weight is 359 g/mol. The molecule has 1 aliphatic heterocycles. The largest absolute Gasteiger partial charge is 0.379 e. The summed E-state index contributed by atoms with van der Waals surface area (Å²) in [5.74, 6) is 1.34. The SMILES string of the molecule is Cc1cn(C)nc1C(=O)N[C@H]1CCOC[C@H]1Nc1cc(N(C)C)ncn1. The van der Waals surface area contributed by atoms with Crippen LogP contribution in [0.2, 0.25) is 0 Å². The van der Waals surface area contributed by atoms with Crippen LogP contribution in [0.15, 0.2) is 18.6 Å². The zero-order chi connectivity index (χ0) is 18.7. The molecule has 3 heterocycles. The topological polar surface area (TPSA) is 97.2 Å². The molecule has 0 saturated carbocycles. The van der Waals surface area contributed by atoms with E-state index in [1.165, 1.54) is 6.33 Å². The van der Waals surface area contributed by atoms with Crippen molar-refractivity contribution in [1.29, 1.82) is 0 Å². The number of anilines is 2. The van der Waals surface area contributed by atoms with Gasteiger partial charge in [0.2, 0.25) is 0 Å². The summed E-state index contributed by atoms with van der Waals surface area (Å²) in [6.07, 6.45) is 4.07. The number of hydrogen-bond acceptors (Lipinski definition) is 7. The van der Waals surface area contributed by atoms with Crippen molar-refractivity contribution in [2.45, 2.75) is 25.4 Å². The molecule has 0 unspecified atom stereocenters. The maximum Gasteiger partial charge on any atom is 0.272 e. The van der Waals surface area contributed by atoms with Crippen molar-refractivity contribution in [1.82, 2.24) is 25.1 Å². The Morgan fingerprint density at radius 1 is 1.35 bits per heavy atom. The van der Waals surface area contributed by atoms with Crippen molar-refractivity contribution >= 4 is 17.5 Å². The molecule has 1 amide bonds. The van der Waals surface area contributed by atoms with Crippen LogP contribution in [0.4, 0.5) is 11.6 Å². The standard InChI is InChI=1S/C17H25N7O2/c1-11-8-24(4)22-16(11)17(25)21-12-5-6-26-9-13(12)20-14-7-15(23(2)3)19-10-18-14/h7-8,10,12-13H,5-6,9H2,1-4H3,(H,21,25)(H,18,19,20)/t12-,13+/m0/s1. The van der Waals surface area contributed by atoms with E-state index in [1.807, 2.05) is 38.2 Å². The van der Waals surface area contributed by atoms with Crippen LogP contribution >= 0.6 is 0 Å². The lowest BCUT2D eigenvalue weighted by Crippen LogP contribution is -2.52. The number of amides is 1. The zero-order valence-electron chi connectivity index (χ0n) is 15.6. The van der Waals surface area contributed by atoms with Gasteiger partial charge in [-0.1, -0.05) is 0 Å². The summed E-state index contributed by atoms with van der Waals surface area (Å²) in [5, 5.41) is 10.7. The molecule has 0 bridgehead atoms. The summed E-state index contributed by atoms with van der Waals surface area (Å²) in [4.78, 5) is 23.0. The lowest BCUT2D eigenvalue weighted by Gasteiger charge is -2.33. The number of ether oxygens (including phenoxy) is 1. The van der Waals surface area contributed by atoms with Gasteiger partial charge in [0.05, 0.1) is 18.7 Å². The van der Waals surface area contributed by atoms with Crippen LogP contribution in [-0.4, -0.2) is 65.0 Å². The molecule has 2 aromatic rings. The molecule has 9 heteroatoms. The van der Waals surface area contributed by atoms with Crippen molar-refractivity contribution in [3.05, 3.63) is 29.8 Å². The molecule has 26 heavy (non-hydrogen) atoms. The number of aromatic nitrogens is 4. The van der Waals surface area contributed by atoms with Gasteiger partial charge in [-0.25, -0.2) is 9.97 Å². The fourth-order valence-corrected chi connectivity index (χ4v) is 2.98. The highest BCUT2D eigenvalue weighted by Crippen LogP contribution is 2.17. The first-order valence-electron chi connectivity index (χ1n) is 8.59. The van der Waals surface area contributed by atoms with E-state index in [0.29, 0.717) is 24.7 Å². The molecule has 2 atom stereocenters. The minimum absolute atomic E-state index is 0.0737. The Labute approximate surface area is 152 Å². The van der Waals surface area contributed by atoms with Gasteiger partial charge in [-0.2, -0.15) is 5.10 Å². The van der Waals surface area contributed by atoms with E-state index in [-0.39, 0.29) is 18.0 Å². The minimum Gasteiger partial charge on any atom is -0.379 e. The molecule has 0 spiro atoms. The normalized spacial score (nSPS) is 19.8. The quantitative estimate of drug-likeness (QED) is 0.806. The van der Waals surface area contributed by atoms with Crippen molar-refractivity contribution < 1.29 is 9.53 Å². The van der Waals surface area contributed by atoms with Gasteiger partial charge >= 0.3 is 0 Å². The summed E-state index contributed by atoms with van der Waals surface area (Å²) in [5.41, 5.74) is 1.31. The Morgan fingerprint density at radius 2 is 2.15 bits per heavy atom. The highest BCUT2D eigenvalue weighted by Gasteiger charge is 2.29. The van der Waals surface area contributed by atoms with Crippen molar-refractivity contribution in [2.24, 2.45) is 7.05 Å². The number of carbonyl (C=O) groups excluding carboxylic acids is 1. The maximum absolute atomic E-state index is 12.6. The first kappa shape index (κ1) is 18.1. The van der Waals surface area contributed by atoms with Gasteiger partial charge in [-0.3, -0.25) is 9.48 Å². The molecule has 0 aromatic carbocycles. The lowest BCUT2D eigenvalue weighted by molar-refractivity contribution is 0.0617. The molecule has 2 aromatic heterocycles. The van der Waals surface area contributed by atoms with Crippen LogP contribution in [0.1, 0.15) is 22.5 Å². The van der Waals surface area contributed by atoms with Crippen LogP contribution < -0.4 is 15.5 Å². The second-order valence-corrected chi connectivity index (χ2v) is 6.68. The van der Waals surface area contributed by atoms with Crippen LogP contribution in [0.3, 0.4) is 0 Å². The first-order chi connectivity index (χ1) is 12.4. The Morgan fingerprint density at radius 3 is 2.85 bits per heavy atom. The molecule has 1 aliphatic rings. The smallest absolute Gasteiger partial charge is 0.272 e. The number of rotatable bonds is 5. The van der Waals surface area contributed by atoms with Crippen molar-refractivity contribution in [3.63, 3.8) is 0 Å². The fraction of sp³-hybridized carbons (Fsp3) is 0.529. The third kappa shape index (κ3) is 4.10. The molecule has 1 fully saturated rings. The monoisotopic (exact) mass is 359 g/mol. The van der Waals surface area contributed by atoms with Gasteiger partial charge in [0.15, 0.2) is 5.69 Å². The fourth-order valence-electron chi connectivity index (χ4n) is 2.98. The number of nitrogens with zero attached hydrogens (tertiary/aromatic N) is 5. The lowest BCUT2D eigenvalue weighted by atomic mass is 10.0. The van der Waals surface area contributed by atoms with E-state index in [0.717, 1.165) is 17.8 Å². The van der Waals surface area contributed by atoms with Gasteiger partial charge in [0.25, 0.3) is 5.91 Å².